The summed E-state index contributed by atoms with van der Waals surface area (Å²) in [6, 6.07) is 9.87. The molecule has 0 aliphatic carbocycles. The van der Waals surface area contributed by atoms with Crippen molar-refractivity contribution in [1.82, 2.24) is 0 Å². The molecule has 2 N–H and O–H groups in total. The van der Waals surface area contributed by atoms with Crippen LogP contribution in [0.5, 0.6) is 0 Å². The maximum absolute atomic E-state index is 5.68. The molecule has 0 bridgehead atoms. The Morgan fingerprint density at radius 1 is 1.27 bits per heavy atom. The van der Waals surface area contributed by atoms with E-state index in [1.54, 1.807) is 6.08 Å². The Morgan fingerprint density at radius 3 is 2.27 bits per heavy atom. The molecule has 1 aromatic carbocycles. The molecule has 0 fully saturated rings. The summed E-state index contributed by atoms with van der Waals surface area (Å²) < 4.78 is 0. The lowest BCUT2D eigenvalue weighted by atomic mass is 10.1. The smallest absolute Gasteiger partial charge is 0.0478 e. The van der Waals surface area contributed by atoms with Crippen LogP contribution in [-0.4, -0.2) is 0 Å². The van der Waals surface area contributed by atoms with Gasteiger partial charge >= 0.3 is 0 Å². The molecule has 0 amide bonds. The molecule has 60 valence electrons. The average molecular weight is 170 g/mol. The first-order valence-electron chi connectivity index (χ1n) is 3.27. The molecule has 0 radical (unpaired) electrons. The molecular weight excluding hydrogens is 158 g/mol. The van der Waals surface area contributed by atoms with Gasteiger partial charge in [-0.1, -0.05) is 36.4 Å². The van der Waals surface area contributed by atoms with Crippen molar-refractivity contribution in [1.29, 1.82) is 0 Å². The van der Waals surface area contributed by atoms with Gasteiger partial charge in [0.15, 0.2) is 0 Å². The highest BCUT2D eigenvalue weighted by molar-refractivity contribution is 5.85. The molecule has 11 heavy (non-hydrogen) atoms. The van der Waals surface area contributed by atoms with Crippen LogP contribution in [0.15, 0.2) is 43.0 Å². The molecule has 1 atom stereocenters. The normalized spacial score (nSPS) is 11.4. The summed E-state index contributed by atoms with van der Waals surface area (Å²) in [6.45, 7) is 3.61. The first kappa shape index (κ1) is 10.2. The van der Waals surface area contributed by atoms with E-state index < -0.39 is 0 Å². The van der Waals surface area contributed by atoms with Gasteiger partial charge in [-0.2, -0.15) is 0 Å². The number of hydrogen-bond acceptors (Lipinski definition) is 1. The molecule has 1 rings (SSSR count). The molecule has 0 aromatic heterocycles. The number of benzene rings is 1. The third kappa shape index (κ3) is 2.74. The second kappa shape index (κ2) is 4.94. The van der Waals surface area contributed by atoms with Crippen LogP contribution in [0.2, 0.25) is 0 Å². The largest absolute Gasteiger partial charge is 0.321 e. The van der Waals surface area contributed by atoms with E-state index in [0.717, 1.165) is 5.56 Å². The Bertz CT molecular complexity index is 208. The number of rotatable bonds is 2. The molecule has 0 saturated heterocycles. The van der Waals surface area contributed by atoms with Crippen LogP contribution in [0.1, 0.15) is 11.6 Å². The van der Waals surface area contributed by atoms with Crippen molar-refractivity contribution in [2.75, 3.05) is 0 Å². The van der Waals surface area contributed by atoms with E-state index in [0.29, 0.717) is 0 Å². The molecule has 0 aliphatic heterocycles. The first-order valence-corrected chi connectivity index (χ1v) is 3.27. The minimum Gasteiger partial charge on any atom is -0.321 e. The van der Waals surface area contributed by atoms with Crippen LogP contribution in [0, 0.1) is 0 Å². The maximum Gasteiger partial charge on any atom is 0.0478 e. The lowest BCUT2D eigenvalue weighted by molar-refractivity contribution is 0.914. The molecule has 1 nitrogen and oxygen atoms in total. The summed E-state index contributed by atoms with van der Waals surface area (Å²) in [5.41, 5.74) is 6.79. The summed E-state index contributed by atoms with van der Waals surface area (Å²) >= 11 is 0. The fraction of sp³-hybridized carbons (Fsp3) is 0.111. The van der Waals surface area contributed by atoms with Crippen molar-refractivity contribution in [2.24, 2.45) is 5.73 Å². The minimum atomic E-state index is -0.0267. The highest BCUT2D eigenvalue weighted by Crippen LogP contribution is 2.08. The second-order valence-electron chi connectivity index (χ2n) is 2.17. The monoisotopic (exact) mass is 169 g/mol. The number of hydrogen-bond donors (Lipinski definition) is 1. The van der Waals surface area contributed by atoms with Gasteiger partial charge in [-0.3, -0.25) is 0 Å². The van der Waals surface area contributed by atoms with E-state index in [9.17, 15) is 0 Å². The van der Waals surface area contributed by atoms with Gasteiger partial charge in [-0.05, 0) is 5.56 Å². The SMILES string of the molecule is C=C[C@H](N)c1ccccc1.Cl. The maximum atomic E-state index is 5.68. The van der Waals surface area contributed by atoms with Crippen molar-refractivity contribution in [2.45, 2.75) is 6.04 Å². The summed E-state index contributed by atoms with van der Waals surface area (Å²) in [5, 5.41) is 0. The zero-order chi connectivity index (χ0) is 7.40. The summed E-state index contributed by atoms with van der Waals surface area (Å²) in [7, 11) is 0. The van der Waals surface area contributed by atoms with Crippen LogP contribution in [0.3, 0.4) is 0 Å². The number of nitrogens with two attached hydrogens (primary N) is 1. The predicted molar refractivity (Wildman–Crippen MR) is 50.8 cm³/mol. The van der Waals surface area contributed by atoms with Gasteiger partial charge in [0.25, 0.3) is 0 Å². The Kier molecular flexibility index (Phi) is 4.59. The average Bonchev–Trinajstić information content (AvgIpc) is 2.05. The van der Waals surface area contributed by atoms with Crippen molar-refractivity contribution in [3.05, 3.63) is 48.6 Å². The van der Waals surface area contributed by atoms with Crippen molar-refractivity contribution in [3.63, 3.8) is 0 Å². The molecule has 2 heteroatoms. The van der Waals surface area contributed by atoms with Gasteiger partial charge in [0.1, 0.15) is 0 Å². The van der Waals surface area contributed by atoms with Crippen LogP contribution in [0.25, 0.3) is 0 Å². The second-order valence-corrected chi connectivity index (χ2v) is 2.17. The summed E-state index contributed by atoms with van der Waals surface area (Å²) in [5.74, 6) is 0. The van der Waals surface area contributed by atoms with E-state index in [2.05, 4.69) is 6.58 Å². The third-order valence-corrected chi connectivity index (χ3v) is 1.44. The predicted octanol–water partition coefficient (Wildman–Crippen LogP) is 2.29. The Morgan fingerprint density at radius 2 is 1.82 bits per heavy atom. The lowest BCUT2D eigenvalue weighted by Crippen LogP contribution is -2.05. The molecule has 0 unspecified atom stereocenters. The van der Waals surface area contributed by atoms with E-state index in [-0.39, 0.29) is 18.4 Å². The van der Waals surface area contributed by atoms with Gasteiger partial charge in [-0.25, -0.2) is 0 Å². The van der Waals surface area contributed by atoms with Crippen LogP contribution < -0.4 is 5.73 Å². The van der Waals surface area contributed by atoms with Crippen molar-refractivity contribution in [3.8, 4) is 0 Å². The number of halogens is 1. The molecular formula is C9H12ClN. The topological polar surface area (TPSA) is 26.0 Å². The Labute approximate surface area is 73.3 Å². The first-order chi connectivity index (χ1) is 4.84. The minimum absolute atomic E-state index is 0. The van der Waals surface area contributed by atoms with E-state index in [1.165, 1.54) is 0 Å². The van der Waals surface area contributed by atoms with Gasteiger partial charge in [-0.15, -0.1) is 19.0 Å². The van der Waals surface area contributed by atoms with Crippen LogP contribution >= 0.6 is 12.4 Å². The Hall–Kier alpha value is -0.790. The molecule has 0 spiro atoms. The van der Waals surface area contributed by atoms with E-state index in [4.69, 9.17) is 5.73 Å². The van der Waals surface area contributed by atoms with Crippen LogP contribution in [-0.2, 0) is 0 Å². The fourth-order valence-electron chi connectivity index (χ4n) is 0.811. The third-order valence-electron chi connectivity index (χ3n) is 1.44. The summed E-state index contributed by atoms with van der Waals surface area (Å²) in [6.07, 6.45) is 1.73. The van der Waals surface area contributed by atoms with Gasteiger partial charge in [0, 0.05) is 6.04 Å². The van der Waals surface area contributed by atoms with Crippen molar-refractivity contribution >= 4 is 12.4 Å². The lowest BCUT2D eigenvalue weighted by Gasteiger charge is -2.03. The van der Waals surface area contributed by atoms with Crippen LogP contribution in [0.4, 0.5) is 0 Å². The standard InChI is InChI=1S/C9H11N.ClH/c1-2-9(10)8-6-4-3-5-7-8;/h2-7,9H,1,10H2;1H/t9-;/m0./s1. The molecule has 0 aliphatic rings. The van der Waals surface area contributed by atoms with Gasteiger partial charge in [0.05, 0.1) is 0 Å². The Balaban J connectivity index is 0.000001000. The quantitative estimate of drug-likeness (QED) is 0.676. The zero-order valence-corrected chi connectivity index (χ0v) is 7.05. The van der Waals surface area contributed by atoms with Gasteiger partial charge < -0.3 is 5.73 Å². The summed E-state index contributed by atoms with van der Waals surface area (Å²) in [4.78, 5) is 0. The molecule has 1 aromatic rings. The van der Waals surface area contributed by atoms with Gasteiger partial charge in [0.2, 0.25) is 0 Å². The van der Waals surface area contributed by atoms with Crippen molar-refractivity contribution < 1.29 is 0 Å². The zero-order valence-electron chi connectivity index (χ0n) is 6.23. The highest BCUT2D eigenvalue weighted by atomic mass is 35.5. The van der Waals surface area contributed by atoms with E-state index >= 15 is 0 Å². The molecule has 0 saturated carbocycles. The molecule has 0 heterocycles. The van der Waals surface area contributed by atoms with E-state index in [1.807, 2.05) is 30.3 Å². The highest BCUT2D eigenvalue weighted by Gasteiger charge is 1.96. The fourth-order valence-corrected chi connectivity index (χ4v) is 0.811.